The van der Waals surface area contributed by atoms with Gasteiger partial charge in [-0.3, -0.25) is 9.59 Å². The molecule has 0 aliphatic carbocycles. The van der Waals surface area contributed by atoms with Crippen LogP contribution in [0, 0.1) is 5.41 Å². The molecular weight excluding hydrogens is 350 g/mol. The van der Waals surface area contributed by atoms with Gasteiger partial charge < -0.3 is 26.2 Å². The molecule has 2 atom stereocenters. The molecule has 0 aliphatic heterocycles. The summed E-state index contributed by atoms with van der Waals surface area (Å²) in [6, 6.07) is -0.872. The van der Waals surface area contributed by atoms with Crippen molar-refractivity contribution in [2.45, 2.75) is 66.5 Å². The van der Waals surface area contributed by atoms with E-state index in [1.807, 2.05) is 0 Å². The van der Waals surface area contributed by atoms with Gasteiger partial charge in [-0.1, -0.05) is 47.1 Å². The van der Waals surface area contributed by atoms with Crippen molar-refractivity contribution in [2.75, 3.05) is 20.2 Å². The molecule has 2 amide bonds. The second-order valence-electron chi connectivity index (χ2n) is 7.97. The summed E-state index contributed by atoms with van der Waals surface area (Å²) in [4.78, 5) is 37.0. The van der Waals surface area contributed by atoms with Crippen LogP contribution in [0.4, 0.5) is 0 Å². The fourth-order valence-corrected chi connectivity index (χ4v) is 1.69. The highest BCUT2D eigenvalue weighted by atomic mass is 16.4. The third-order valence-electron chi connectivity index (χ3n) is 3.62. The van der Waals surface area contributed by atoms with E-state index in [2.05, 4.69) is 19.2 Å². The van der Waals surface area contributed by atoms with E-state index in [4.69, 9.17) is 10.8 Å². The molecule has 0 aromatic heterocycles. The molecule has 8 nitrogen and oxygen atoms in total. The van der Waals surface area contributed by atoms with Crippen LogP contribution in [0.25, 0.3) is 0 Å². The molecule has 158 valence electrons. The number of carbonyl (C=O) groups excluding carboxylic acids is 2. The zero-order valence-electron chi connectivity index (χ0n) is 17.9. The zero-order chi connectivity index (χ0) is 22.0. The number of rotatable bonds is 7. The lowest BCUT2D eigenvalue weighted by Crippen LogP contribution is -2.62. The van der Waals surface area contributed by atoms with Gasteiger partial charge in [-0.05, 0) is 19.3 Å². The summed E-state index contributed by atoms with van der Waals surface area (Å²) in [5, 5.41) is 20.6. The normalized spacial score (nSPS) is 15.0. The number of nitrogens with zero attached hydrogens (tertiary/aromatic N) is 1. The van der Waals surface area contributed by atoms with Crippen LogP contribution in [0.15, 0.2) is 11.6 Å². The van der Waals surface area contributed by atoms with Crippen LogP contribution >= 0.6 is 0 Å². The first-order valence-electron chi connectivity index (χ1n) is 9.01. The van der Waals surface area contributed by atoms with Crippen molar-refractivity contribution in [1.82, 2.24) is 10.2 Å². The van der Waals surface area contributed by atoms with E-state index >= 15 is 0 Å². The lowest BCUT2D eigenvalue weighted by molar-refractivity contribution is -0.139. The van der Waals surface area contributed by atoms with Crippen LogP contribution in [0.1, 0.15) is 54.9 Å². The first kappa shape index (κ1) is 27.3. The lowest BCUT2D eigenvalue weighted by atomic mass is 9.85. The fraction of sp³-hybridized carbons (Fsp3) is 0.737. The quantitative estimate of drug-likeness (QED) is 0.484. The van der Waals surface area contributed by atoms with Gasteiger partial charge in [-0.2, -0.15) is 0 Å². The number of carbonyl (C=O) groups is 3. The monoisotopic (exact) mass is 387 g/mol. The first-order valence-corrected chi connectivity index (χ1v) is 9.01. The van der Waals surface area contributed by atoms with Gasteiger partial charge in [-0.15, -0.1) is 0 Å². The molecule has 0 saturated carbocycles. The van der Waals surface area contributed by atoms with E-state index in [0.29, 0.717) is 0 Å². The topological polar surface area (TPSA) is 133 Å². The minimum Gasteiger partial charge on any atom is -0.478 e. The Kier molecular flexibility index (Phi) is 11.8. The van der Waals surface area contributed by atoms with Crippen LogP contribution in [0.3, 0.4) is 0 Å². The second-order valence-corrected chi connectivity index (χ2v) is 7.97. The molecular formula is C19H37N3O5. The molecule has 2 unspecified atom stereocenters. The number of likely N-dealkylation sites (N-methyl/N-ethyl adjacent to an activating group) is 1. The highest BCUT2D eigenvalue weighted by Crippen LogP contribution is 2.21. The Labute approximate surface area is 162 Å². The molecule has 0 saturated heterocycles. The van der Waals surface area contributed by atoms with Crippen molar-refractivity contribution in [3.05, 3.63) is 11.6 Å². The van der Waals surface area contributed by atoms with Crippen LogP contribution < -0.4 is 11.1 Å². The maximum absolute atomic E-state index is 12.7. The van der Waals surface area contributed by atoms with Gasteiger partial charge in [0.15, 0.2) is 0 Å². The van der Waals surface area contributed by atoms with E-state index < -0.39 is 35.5 Å². The van der Waals surface area contributed by atoms with Crippen molar-refractivity contribution in [3.8, 4) is 0 Å². The highest BCUT2D eigenvalue weighted by molar-refractivity contribution is 5.92. The fourth-order valence-electron chi connectivity index (χ4n) is 1.69. The van der Waals surface area contributed by atoms with Crippen LogP contribution in [0.2, 0.25) is 0 Å². The Balaban J connectivity index is 0. The predicted molar refractivity (Wildman–Crippen MR) is 106 cm³/mol. The van der Waals surface area contributed by atoms with Gasteiger partial charge in [-0.25, -0.2) is 4.79 Å². The maximum Gasteiger partial charge on any atom is 0.331 e. The minimum absolute atomic E-state index is 0.0965. The van der Waals surface area contributed by atoms with Crippen LogP contribution in [0.5, 0.6) is 0 Å². The molecule has 0 radical (unpaired) electrons. The van der Waals surface area contributed by atoms with Crippen LogP contribution in [-0.2, 0) is 14.4 Å². The van der Waals surface area contributed by atoms with Gasteiger partial charge in [0.2, 0.25) is 11.8 Å². The summed E-state index contributed by atoms with van der Waals surface area (Å²) < 4.78 is 0. The number of nitrogens with two attached hydrogens (primary N) is 1. The van der Waals surface area contributed by atoms with E-state index in [1.54, 1.807) is 20.8 Å². The molecule has 8 heteroatoms. The minimum atomic E-state index is -1.50. The number of carboxylic acids is 1. The SMILES string of the molecule is C/C(=C\CN(C)C(=O)C(NC(=O)C(C)(N)CO)C(C)(C)C)C(=O)O.CCC. The van der Waals surface area contributed by atoms with Gasteiger partial charge in [0.05, 0.1) is 6.61 Å². The maximum atomic E-state index is 12.7. The zero-order valence-corrected chi connectivity index (χ0v) is 17.9. The average Bonchev–Trinajstić information content (AvgIpc) is 2.55. The Morgan fingerprint density at radius 1 is 1.19 bits per heavy atom. The third kappa shape index (κ3) is 10.1. The molecule has 0 heterocycles. The summed E-state index contributed by atoms with van der Waals surface area (Å²) in [7, 11) is 1.52. The van der Waals surface area contributed by atoms with Gasteiger partial charge in [0.25, 0.3) is 0 Å². The summed E-state index contributed by atoms with van der Waals surface area (Å²) >= 11 is 0. The van der Waals surface area contributed by atoms with Gasteiger partial charge in [0.1, 0.15) is 11.6 Å². The number of nitrogens with one attached hydrogen (secondary N) is 1. The largest absolute Gasteiger partial charge is 0.478 e. The summed E-state index contributed by atoms with van der Waals surface area (Å²) in [5.74, 6) is -2.07. The van der Waals surface area contributed by atoms with Crippen molar-refractivity contribution < 1.29 is 24.6 Å². The summed E-state index contributed by atoms with van der Waals surface area (Å²) in [5.41, 5.74) is 3.73. The lowest BCUT2D eigenvalue weighted by Gasteiger charge is -2.35. The molecule has 0 aromatic rings. The van der Waals surface area contributed by atoms with Gasteiger partial charge in [0, 0.05) is 19.2 Å². The predicted octanol–water partition coefficient (Wildman–Crippen LogP) is 1.13. The summed E-state index contributed by atoms with van der Waals surface area (Å²) in [6.07, 6.45) is 2.67. The number of aliphatic carboxylic acids is 1. The second kappa shape index (κ2) is 11.7. The molecule has 0 rings (SSSR count). The Morgan fingerprint density at radius 2 is 1.63 bits per heavy atom. The molecule has 5 N–H and O–H groups in total. The molecule has 0 spiro atoms. The Morgan fingerprint density at radius 3 is 1.96 bits per heavy atom. The smallest absolute Gasteiger partial charge is 0.331 e. The average molecular weight is 388 g/mol. The molecule has 0 bridgehead atoms. The Bertz CT molecular complexity index is 536. The molecule has 0 aromatic carbocycles. The van der Waals surface area contributed by atoms with E-state index in [9.17, 15) is 19.5 Å². The standard InChI is InChI=1S/C16H29N3O5.C3H8/c1-10(13(22)23)7-8-19(6)12(21)11(15(2,3)4)18-14(24)16(5,17)9-20;1-3-2/h7,11,20H,8-9,17H2,1-6H3,(H,18,24)(H,22,23);3H2,1-2H3/b10-7+;. The molecule has 0 aliphatic rings. The summed E-state index contributed by atoms with van der Waals surface area (Å²) in [6.45, 7) is 12.0. The van der Waals surface area contributed by atoms with Crippen molar-refractivity contribution in [2.24, 2.45) is 11.1 Å². The number of aliphatic hydroxyl groups is 1. The third-order valence-corrected chi connectivity index (χ3v) is 3.62. The van der Waals surface area contributed by atoms with Crippen molar-refractivity contribution >= 4 is 17.8 Å². The number of hydrogen-bond donors (Lipinski definition) is 4. The first-order chi connectivity index (χ1) is 12.1. The Hall–Kier alpha value is -1.93. The number of amides is 2. The highest BCUT2D eigenvalue weighted by Gasteiger charge is 2.38. The van der Waals surface area contributed by atoms with E-state index in [1.165, 1.54) is 38.3 Å². The van der Waals surface area contributed by atoms with E-state index in [-0.39, 0.29) is 18.0 Å². The van der Waals surface area contributed by atoms with Crippen molar-refractivity contribution in [3.63, 3.8) is 0 Å². The van der Waals surface area contributed by atoms with Crippen LogP contribution in [-0.4, -0.2) is 64.7 Å². The molecule has 0 fully saturated rings. The van der Waals surface area contributed by atoms with Gasteiger partial charge >= 0.3 is 5.97 Å². The molecule has 27 heavy (non-hydrogen) atoms. The number of aliphatic hydroxyl groups excluding tert-OH is 1. The van der Waals surface area contributed by atoms with E-state index in [0.717, 1.165) is 0 Å². The number of carboxylic acid groups (broad SMARTS) is 1. The number of hydrogen-bond acceptors (Lipinski definition) is 5. The van der Waals surface area contributed by atoms with Crippen molar-refractivity contribution in [1.29, 1.82) is 0 Å².